The number of rotatable bonds is 3. The van der Waals surface area contributed by atoms with Crippen LogP contribution < -0.4 is 10.1 Å². The highest BCUT2D eigenvalue weighted by molar-refractivity contribution is 6.30. The van der Waals surface area contributed by atoms with Crippen molar-refractivity contribution in [3.05, 3.63) is 52.5 Å². The Kier molecular flexibility index (Phi) is 3.68. The smallest absolute Gasteiger partial charge is 0.123 e. The third kappa shape index (κ3) is 2.92. The lowest BCUT2D eigenvalue weighted by molar-refractivity contribution is 0.138. The Bertz CT molecular complexity index is 679. The van der Waals surface area contributed by atoms with Crippen LogP contribution in [0.5, 0.6) is 5.75 Å². The standard InChI is InChI=1S/C18H20ClNO/c1-18(2)10-14-8-12(5-7-17(14)21-18)16-9-15(19)6-4-13(16)11-20-3/h4-9,20H,10-11H2,1-3H3. The number of halogens is 1. The minimum absolute atomic E-state index is 0.108. The van der Waals surface area contributed by atoms with E-state index in [-0.39, 0.29) is 5.60 Å². The van der Waals surface area contributed by atoms with Crippen LogP contribution in [0.3, 0.4) is 0 Å². The van der Waals surface area contributed by atoms with E-state index >= 15 is 0 Å². The highest BCUT2D eigenvalue weighted by Crippen LogP contribution is 2.38. The number of hydrogen-bond donors (Lipinski definition) is 1. The predicted octanol–water partition coefficient (Wildman–Crippen LogP) is 4.44. The number of hydrogen-bond acceptors (Lipinski definition) is 2. The van der Waals surface area contributed by atoms with Gasteiger partial charge in [-0.15, -0.1) is 0 Å². The van der Waals surface area contributed by atoms with Crippen molar-refractivity contribution < 1.29 is 4.74 Å². The summed E-state index contributed by atoms with van der Waals surface area (Å²) in [6.45, 7) is 5.07. The molecule has 1 aliphatic rings. The molecule has 0 fully saturated rings. The first-order valence-electron chi connectivity index (χ1n) is 7.24. The van der Waals surface area contributed by atoms with E-state index in [0.717, 1.165) is 23.7 Å². The predicted molar refractivity (Wildman–Crippen MR) is 88.1 cm³/mol. The van der Waals surface area contributed by atoms with Crippen LogP contribution in [0.15, 0.2) is 36.4 Å². The maximum Gasteiger partial charge on any atom is 0.123 e. The van der Waals surface area contributed by atoms with E-state index in [9.17, 15) is 0 Å². The van der Waals surface area contributed by atoms with Gasteiger partial charge in [-0.1, -0.05) is 23.7 Å². The van der Waals surface area contributed by atoms with Gasteiger partial charge >= 0.3 is 0 Å². The summed E-state index contributed by atoms with van der Waals surface area (Å²) in [5, 5.41) is 3.98. The zero-order valence-corrected chi connectivity index (χ0v) is 13.4. The number of nitrogens with one attached hydrogen (secondary N) is 1. The summed E-state index contributed by atoms with van der Waals surface area (Å²) >= 11 is 6.18. The van der Waals surface area contributed by atoms with E-state index in [1.54, 1.807) is 0 Å². The maximum atomic E-state index is 6.18. The molecule has 21 heavy (non-hydrogen) atoms. The highest BCUT2D eigenvalue weighted by Gasteiger charge is 2.30. The van der Waals surface area contributed by atoms with Gasteiger partial charge in [-0.3, -0.25) is 0 Å². The van der Waals surface area contributed by atoms with Crippen molar-refractivity contribution in [1.82, 2.24) is 5.32 Å². The summed E-state index contributed by atoms with van der Waals surface area (Å²) in [5.41, 5.74) is 4.79. The molecule has 1 N–H and O–H groups in total. The van der Waals surface area contributed by atoms with E-state index in [0.29, 0.717) is 0 Å². The van der Waals surface area contributed by atoms with Crippen LogP contribution in [-0.4, -0.2) is 12.6 Å². The van der Waals surface area contributed by atoms with Gasteiger partial charge in [0.05, 0.1) is 0 Å². The molecule has 0 spiro atoms. The molecule has 2 aromatic carbocycles. The first-order valence-corrected chi connectivity index (χ1v) is 7.62. The summed E-state index contributed by atoms with van der Waals surface area (Å²) < 4.78 is 5.95. The molecule has 1 aliphatic heterocycles. The van der Waals surface area contributed by atoms with Crippen LogP contribution in [0.2, 0.25) is 5.02 Å². The molecule has 2 aromatic rings. The van der Waals surface area contributed by atoms with Gasteiger partial charge in [-0.25, -0.2) is 0 Å². The summed E-state index contributed by atoms with van der Waals surface area (Å²) in [4.78, 5) is 0. The molecule has 0 saturated heterocycles. The Morgan fingerprint density at radius 1 is 1.19 bits per heavy atom. The molecule has 110 valence electrons. The first kappa shape index (κ1) is 14.4. The molecule has 3 rings (SSSR count). The van der Waals surface area contributed by atoms with Gasteiger partial charge < -0.3 is 10.1 Å². The third-order valence-corrected chi connectivity index (χ3v) is 4.05. The molecule has 0 bridgehead atoms. The topological polar surface area (TPSA) is 21.3 Å². The average Bonchev–Trinajstić information content (AvgIpc) is 2.73. The van der Waals surface area contributed by atoms with Gasteiger partial charge in [0.15, 0.2) is 0 Å². The molecule has 0 amide bonds. The molecule has 0 radical (unpaired) electrons. The van der Waals surface area contributed by atoms with E-state index < -0.39 is 0 Å². The summed E-state index contributed by atoms with van der Waals surface area (Å²) in [5.74, 6) is 1.00. The minimum atomic E-state index is -0.108. The second-order valence-electron chi connectivity index (χ2n) is 6.19. The van der Waals surface area contributed by atoms with Crippen LogP contribution in [0.1, 0.15) is 25.0 Å². The first-order chi connectivity index (χ1) is 9.98. The zero-order valence-electron chi connectivity index (χ0n) is 12.7. The lowest BCUT2D eigenvalue weighted by atomic mass is 9.95. The fourth-order valence-corrected chi connectivity index (χ4v) is 3.11. The van der Waals surface area contributed by atoms with Crippen molar-refractivity contribution in [2.75, 3.05) is 7.05 Å². The molecular formula is C18H20ClNO. The van der Waals surface area contributed by atoms with Crippen LogP contribution in [0.25, 0.3) is 11.1 Å². The second kappa shape index (κ2) is 5.36. The van der Waals surface area contributed by atoms with Gasteiger partial charge in [-0.05, 0) is 67.4 Å². The lowest BCUT2D eigenvalue weighted by Gasteiger charge is -2.16. The molecule has 2 nitrogen and oxygen atoms in total. The Labute approximate surface area is 131 Å². The summed E-state index contributed by atoms with van der Waals surface area (Å²) in [6.07, 6.45) is 0.943. The van der Waals surface area contributed by atoms with Gasteiger partial charge in [0.1, 0.15) is 11.4 Å². The van der Waals surface area contributed by atoms with E-state index in [2.05, 4.69) is 43.4 Å². The van der Waals surface area contributed by atoms with Crippen molar-refractivity contribution in [3.8, 4) is 16.9 Å². The lowest BCUT2D eigenvalue weighted by Crippen LogP contribution is -2.24. The number of benzene rings is 2. The summed E-state index contributed by atoms with van der Waals surface area (Å²) in [7, 11) is 1.96. The third-order valence-electron chi connectivity index (χ3n) is 3.81. The fourth-order valence-electron chi connectivity index (χ4n) is 2.94. The SMILES string of the molecule is CNCc1ccc(Cl)cc1-c1ccc2c(c1)CC(C)(C)O2. The van der Waals surface area contributed by atoms with Crippen molar-refractivity contribution in [1.29, 1.82) is 0 Å². The summed E-state index contributed by atoms with van der Waals surface area (Å²) in [6, 6.07) is 12.5. The van der Waals surface area contributed by atoms with Crippen LogP contribution >= 0.6 is 11.6 Å². The van der Waals surface area contributed by atoms with Gasteiger partial charge in [-0.2, -0.15) is 0 Å². The average molecular weight is 302 g/mol. The fraction of sp³-hybridized carbons (Fsp3) is 0.333. The van der Waals surface area contributed by atoms with Crippen LogP contribution in [0.4, 0.5) is 0 Å². The monoisotopic (exact) mass is 301 g/mol. The van der Waals surface area contributed by atoms with Crippen molar-refractivity contribution in [2.24, 2.45) is 0 Å². The van der Waals surface area contributed by atoms with Crippen molar-refractivity contribution in [2.45, 2.75) is 32.4 Å². The van der Waals surface area contributed by atoms with Crippen LogP contribution in [0, 0.1) is 0 Å². The Hall–Kier alpha value is -1.51. The number of ether oxygens (including phenoxy) is 1. The maximum absolute atomic E-state index is 6.18. The molecule has 0 atom stereocenters. The van der Waals surface area contributed by atoms with Crippen LogP contribution in [-0.2, 0) is 13.0 Å². The van der Waals surface area contributed by atoms with Gasteiger partial charge in [0, 0.05) is 18.0 Å². The molecule has 0 aliphatic carbocycles. The quantitative estimate of drug-likeness (QED) is 0.905. The second-order valence-corrected chi connectivity index (χ2v) is 6.63. The molecular weight excluding hydrogens is 282 g/mol. The Balaban J connectivity index is 2.04. The van der Waals surface area contributed by atoms with E-state index in [1.807, 2.05) is 19.2 Å². The Morgan fingerprint density at radius 2 is 2.00 bits per heavy atom. The molecule has 0 saturated carbocycles. The molecule has 0 aromatic heterocycles. The van der Waals surface area contributed by atoms with Gasteiger partial charge in [0.2, 0.25) is 0 Å². The highest BCUT2D eigenvalue weighted by atomic mass is 35.5. The normalized spacial score (nSPS) is 15.6. The van der Waals surface area contributed by atoms with E-state index in [1.165, 1.54) is 22.3 Å². The van der Waals surface area contributed by atoms with Crippen molar-refractivity contribution >= 4 is 11.6 Å². The van der Waals surface area contributed by atoms with E-state index in [4.69, 9.17) is 16.3 Å². The Morgan fingerprint density at radius 3 is 2.76 bits per heavy atom. The largest absolute Gasteiger partial charge is 0.487 e. The molecule has 1 heterocycles. The zero-order chi connectivity index (χ0) is 15.0. The van der Waals surface area contributed by atoms with Crippen molar-refractivity contribution in [3.63, 3.8) is 0 Å². The molecule has 0 unspecified atom stereocenters. The number of fused-ring (bicyclic) bond motifs is 1. The van der Waals surface area contributed by atoms with Gasteiger partial charge in [0.25, 0.3) is 0 Å². The molecule has 3 heteroatoms. The minimum Gasteiger partial charge on any atom is -0.487 e.